The zero-order chi connectivity index (χ0) is 17.4. The van der Waals surface area contributed by atoms with E-state index in [9.17, 15) is 9.59 Å². The Kier molecular flexibility index (Phi) is 6.48. The highest BCUT2D eigenvalue weighted by Crippen LogP contribution is 2.22. The number of hydrogen-bond donors (Lipinski definition) is 1. The van der Waals surface area contributed by atoms with Crippen molar-refractivity contribution < 1.29 is 28.9 Å². The maximum atomic E-state index is 11.3. The number of ether oxygens (including phenoxy) is 3. The smallest absolute Gasteiger partial charge is 0.407 e. The summed E-state index contributed by atoms with van der Waals surface area (Å²) in [6.45, 7) is 4.42. The number of hydrogen-bond acceptors (Lipinski definition) is 5. The molecule has 24 heavy (non-hydrogen) atoms. The van der Waals surface area contributed by atoms with Gasteiger partial charge in [-0.2, -0.15) is 0 Å². The van der Waals surface area contributed by atoms with Gasteiger partial charge in [0, 0.05) is 25.9 Å². The molecule has 0 radical (unpaired) electrons. The van der Waals surface area contributed by atoms with Gasteiger partial charge >= 0.3 is 12.1 Å². The van der Waals surface area contributed by atoms with Gasteiger partial charge in [-0.15, -0.1) is 0 Å². The first-order valence-electron chi connectivity index (χ1n) is 7.72. The number of amides is 1. The van der Waals surface area contributed by atoms with Crippen LogP contribution < -0.4 is 9.47 Å². The molecule has 0 bridgehead atoms. The van der Waals surface area contributed by atoms with Crippen LogP contribution in [-0.4, -0.2) is 54.5 Å². The third-order valence-electron chi connectivity index (χ3n) is 3.56. The lowest BCUT2D eigenvalue weighted by atomic mass is 10.1. The van der Waals surface area contributed by atoms with Crippen molar-refractivity contribution >= 4 is 12.1 Å². The molecular weight excluding hydrogens is 314 g/mol. The van der Waals surface area contributed by atoms with E-state index < -0.39 is 12.1 Å². The molecule has 130 valence electrons. The Labute approximate surface area is 140 Å². The SMILES string of the molecule is C=CCOC(=O)COc1ccc(OC2CCN(C(=O)O)CC2)cc1. The van der Waals surface area contributed by atoms with Crippen LogP contribution in [0.15, 0.2) is 36.9 Å². The van der Waals surface area contributed by atoms with Crippen LogP contribution in [0, 0.1) is 0 Å². The predicted molar refractivity (Wildman–Crippen MR) is 86.3 cm³/mol. The second-order valence-corrected chi connectivity index (χ2v) is 5.32. The minimum Gasteiger partial charge on any atom is -0.490 e. The largest absolute Gasteiger partial charge is 0.490 e. The first-order chi connectivity index (χ1) is 11.6. The summed E-state index contributed by atoms with van der Waals surface area (Å²) in [6.07, 6.45) is 1.94. The van der Waals surface area contributed by atoms with Crippen LogP contribution in [0.3, 0.4) is 0 Å². The highest BCUT2D eigenvalue weighted by Gasteiger charge is 2.23. The van der Waals surface area contributed by atoms with Gasteiger partial charge in [0.15, 0.2) is 6.61 Å². The Hall–Kier alpha value is -2.70. The highest BCUT2D eigenvalue weighted by atomic mass is 16.6. The summed E-state index contributed by atoms with van der Waals surface area (Å²) in [6, 6.07) is 6.94. The maximum Gasteiger partial charge on any atom is 0.407 e. The molecule has 0 aliphatic carbocycles. The average Bonchev–Trinajstić information content (AvgIpc) is 2.60. The molecular formula is C17H21NO6. The molecule has 1 heterocycles. The number of piperidine rings is 1. The van der Waals surface area contributed by atoms with Gasteiger partial charge in [-0.25, -0.2) is 9.59 Å². The number of likely N-dealkylation sites (tertiary alicyclic amines) is 1. The van der Waals surface area contributed by atoms with Crippen LogP contribution in [-0.2, 0) is 9.53 Å². The van der Waals surface area contributed by atoms with Crippen molar-refractivity contribution in [1.82, 2.24) is 4.90 Å². The summed E-state index contributed by atoms with van der Waals surface area (Å²) in [7, 11) is 0. The summed E-state index contributed by atoms with van der Waals surface area (Å²) in [5.74, 6) is 0.768. The van der Waals surface area contributed by atoms with Gasteiger partial charge in [0.2, 0.25) is 0 Å². The van der Waals surface area contributed by atoms with Crippen LogP contribution in [0.25, 0.3) is 0 Å². The van der Waals surface area contributed by atoms with E-state index in [-0.39, 0.29) is 19.3 Å². The first kappa shape index (κ1) is 17.7. The van der Waals surface area contributed by atoms with Gasteiger partial charge in [0.05, 0.1) is 0 Å². The molecule has 1 fully saturated rings. The topological polar surface area (TPSA) is 85.3 Å². The zero-order valence-corrected chi connectivity index (χ0v) is 13.3. The second kappa shape index (κ2) is 8.81. The lowest BCUT2D eigenvalue weighted by molar-refractivity contribution is -0.144. The molecule has 0 saturated carbocycles. The summed E-state index contributed by atoms with van der Waals surface area (Å²) < 4.78 is 16.0. The minimum absolute atomic E-state index is 0.00116. The Balaban J connectivity index is 1.75. The fraction of sp³-hybridized carbons (Fsp3) is 0.412. The first-order valence-corrected chi connectivity index (χ1v) is 7.72. The molecule has 1 N–H and O–H groups in total. The van der Waals surface area contributed by atoms with E-state index in [1.54, 1.807) is 24.3 Å². The summed E-state index contributed by atoms with van der Waals surface area (Å²) in [5, 5.41) is 8.92. The van der Waals surface area contributed by atoms with Crippen molar-refractivity contribution in [1.29, 1.82) is 0 Å². The highest BCUT2D eigenvalue weighted by molar-refractivity contribution is 5.71. The summed E-state index contributed by atoms with van der Waals surface area (Å²) in [5.41, 5.74) is 0. The molecule has 0 unspecified atom stereocenters. The molecule has 1 saturated heterocycles. The number of esters is 1. The minimum atomic E-state index is -0.887. The molecule has 1 aliphatic heterocycles. The van der Waals surface area contributed by atoms with Crippen molar-refractivity contribution in [2.75, 3.05) is 26.3 Å². The summed E-state index contributed by atoms with van der Waals surface area (Å²) >= 11 is 0. The van der Waals surface area contributed by atoms with Gasteiger partial charge in [0.1, 0.15) is 24.2 Å². The van der Waals surface area contributed by atoms with Crippen molar-refractivity contribution in [2.45, 2.75) is 18.9 Å². The zero-order valence-electron chi connectivity index (χ0n) is 13.3. The Morgan fingerprint density at radius 1 is 1.21 bits per heavy atom. The fourth-order valence-corrected chi connectivity index (χ4v) is 2.31. The van der Waals surface area contributed by atoms with E-state index in [4.69, 9.17) is 19.3 Å². The Morgan fingerprint density at radius 2 is 1.83 bits per heavy atom. The van der Waals surface area contributed by atoms with Crippen LogP contribution in [0.5, 0.6) is 11.5 Å². The van der Waals surface area contributed by atoms with E-state index in [1.807, 2.05) is 0 Å². The van der Waals surface area contributed by atoms with Gasteiger partial charge in [-0.3, -0.25) is 0 Å². The van der Waals surface area contributed by atoms with Gasteiger partial charge in [-0.1, -0.05) is 12.7 Å². The number of rotatable bonds is 7. The molecule has 0 aromatic heterocycles. The fourth-order valence-electron chi connectivity index (χ4n) is 2.31. The number of carboxylic acid groups (broad SMARTS) is 1. The van der Waals surface area contributed by atoms with Crippen LogP contribution in [0.2, 0.25) is 0 Å². The predicted octanol–water partition coefficient (Wildman–Crippen LogP) is 2.32. The van der Waals surface area contributed by atoms with E-state index >= 15 is 0 Å². The molecule has 0 spiro atoms. The van der Waals surface area contributed by atoms with Gasteiger partial charge in [0.25, 0.3) is 0 Å². The molecule has 1 aromatic rings. The van der Waals surface area contributed by atoms with Crippen molar-refractivity contribution in [3.8, 4) is 11.5 Å². The number of benzene rings is 1. The third kappa shape index (κ3) is 5.49. The van der Waals surface area contributed by atoms with Crippen molar-refractivity contribution in [3.05, 3.63) is 36.9 Å². The molecule has 0 atom stereocenters. The molecule has 2 rings (SSSR count). The average molecular weight is 335 g/mol. The molecule has 1 aliphatic rings. The third-order valence-corrected chi connectivity index (χ3v) is 3.56. The normalized spacial score (nSPS) is 14.8. The Morgan fingerprint density at radius 3 is 2.42 bits per heavy atom. The van der Waals surface area contributed by atoms with Crippen LogP contribution >= 0.6 is 0 Å². The van der Waals surface area contributed by atoms with Crippen molar-refractivity contribution in [3.63, 3.8) is 0 Å². The number of nitrogens with zero attached hydrogens (tertiary/aromatic N) is 1. The molecule has 7 nitrogen and oxygen atoms in total. The lowest BCUT2D eigenvalue weighted by Gasteiger charge is -2.30. The lowest BCUT2D eigenvalue weighted by Crippen LogP contribution is -2.41. The standard InChI is InChI=1S/C17H21NO6/c1-2-11-22-16(19)12-23-13-3-5-14(6-4-13)24-15-7-9-18(10-8-15)17(20)21/h2-6,15H,1,7-12H2,(H,20,21). The molecule has 1 aromatic carbocycles. The Bertz CT molecular complexity index is 563. The monoisotopic (exact) mass is 335 g/mol. The van der Waals surface area contributed by atoms with E-state index in [1.165, 1.54) is 11.0 Å². The van der Waals surface area contributed by atoms with E-state index in [0.29, 0.717) is 37.4 Å². The number of carbonyl (C=O) groups excluding carboxylic acids is 1. The maximum absolute atomic E-state index is 11.3. The quantitative estimate of drug-likeness (QED) is 0.608. The van der Waals surface area contributed by atoms with Crippen LogP contribution in [0.4, 0.5) is 4.79 Å². The molecule has 1 amide bonds. The molecule has 7 heteroatoms. The number of carbonyl (C=O) groups is 2. The van der Waals surface area contributed by atoms with Crippen LogP contribution in [0.1, 0.15) is 12.8 Å². The van der Waals surface area contributed by atoms with Gasteiger partial charge < -0.3 is 24.2 Å². The van der Waals surface area contributed by atoms with E-state index in [0.717, 1.165) is 0 Å². The van der Waals surface area contributed by atoms with Gasteiger partial charge in [-0.05, 0) is 24.3 Å². The van der Waals surface area contributed by atoms with E-state index in [2.05, 4.69) is 6.58 Å². The second-order valence-electron chi connectivity index (χ2n) is 5.32. The van der Waals surface area contributed by atoms with Crippen molar-refractivity contribution in [2.24, 2.45) is 0 Å². The summed E-state index contributed by atoms with van der Waals surface area (Å²) in [4.78, 5) is 23.6.